The second-order valence-electron chi connectivity index (χ2n) is 6.35. The van der Waals surface area contributed by atoms with Gasteiger partial charge in [-0.05, 0) is 29.8 Å². The third-order valence-electron chi connectivity index (χ3n) is 4.50. The first-order valence-corrected chi connectivity index (χ1v) is 7.70. The topological polar surface area (TPSA) is 55.6 Å². The highest BCUT2D eigenvalue weighted by atomic mass is 35.5. The number of amides is 1. The van der Waals surface area contributed by atoms with Crippen LogP contribution in [0.5, 0.6) is 5.75 Å². The minimum absolute atomic E-state index is 0. The smallest absolute Gasteiger partial charge is 0.260 e. The molecule has 3 rings (SSSR count). The molecule has 0 aromatic heterocycles. The molecule has 23 heavy (non-hydrogen) atoms. The third-order valence-corrected chi connectivity index (χ3v) is 4.50. The molecule has 0 saturated carbocycles. The first kappa shape index (κ1) is 17.6. The molecule has 0 radical (unpaired) electrons. The second-order valence-corrected chi connectivity index (χ2v) is 6.35. The summed E-state index contributed by atoms with van der Waals surface area (Å²) in [7, 11) is 0. The van der Waals surface area contributed by atoms with Gasteiger partial charge in [-0.15, -0.1) is 12.4 Å². The van der Waals surface area contributed by atoms with Gasteiger partial charge >= 0.3 is 0 Å². The lowest BCUT2D eigenvalue weighted by molar-refractivity contribution is -0.132. The summed E-state index contributed by atoms with van der Waals surface area (Å²) >= 11 is 0. The van der Waals surface area contributed by atoms with Crippen molar-refractivity contribution in [1.29, 1.82) is 0 Å². The quantitative estimate of drug-likeness (QED) is 0.935. The van der Waals surface area contributed by atoms with Crippen molar-refractivity contribution < 1.29 is 9.53 Å². The molecule has 0 bridgehead atoms. The van der Waals surface area contributed by atoms with E-state index in [9.17, 15) is 4.79 Å². The maximum absolute atomic E-state index is 12.3. The molecule has 1 saturated heterocycles. The van der Waals surface area contributed by atoms with Crippen molar-refractivity contribution in [3.8, 4) is 5.75 Å². The molecule has 1 unspecified atom stereocenters. The van der Waals surface area contributed by atoms with Crippen LogP contribution in [0.4, 0.5) is 0 Å². The van der Waals surface area contributed by atoms with Gasteiger partial charge in [-0.3, -0.25) is 4.79 Å². The Balaban J connectivity index is 0.00000192. The number of nitrogens with zero attached hydrogens (tertiary/aromatic N) is 1. The number of hydrogen-bond donors (Lipinski definition) is 1. The molecule has 0 aliphatic carbocycles. The number of rotatable bonds is 4. The van der Waals surface area contributed by atoms with Gasteiger partial charge in [-0.1, -0.05) is 43.3 Å². The van der Waals surface area contributed by atoms with Gasteiger partial charge in [0, 0.05) is 18.5 Å². The van der Waals surface area contributed by atoms with Crippen LogP contribution in [-0.4, -0.2) is 37.0 Å². The highest BCUT2D eigenvalue weighted by Crippen LogP contribution is 2.29. The number of benzene rings is 2. The van der Waals surface area contributed by atoms with E-state index >= 15 is 0 Å². The fourth-order valence-electron chi connectivity index (χ4n) is 2.96. The highest BCUT2D eigenvalue weighted by Gasteiger charge is 2.34. The number of halogens is 1. The molecular formula is C18H23ClN2O2. The normalized spacial score (nSPS) is 20.3. The van der Waals surface area contributed by atoms with Crippen LogP contribution in [0.25, 0.3) is 10.8 Å². The van der Waals surface area contributed by atoms with Crippen LogP contribution in [-0.2, 0) is 4.79 Å². The molecule has 1 fully saturated rings. The van der Waals surface area contributed by atoms with E-state index in [2.05, 4.69) is 6.92 Å². The standard InChI is InChI=1S/C18H22N2O2.ClH/c1-18(12-19)9-10-20(13-18)17(21)11-22-16-8-4-6-14-5-2-3-7-15(14)16;/h2-8H,9-13,19H2,1H3;1H. The molecule has 1 amide bonds. The van der Waals surface area contributed by atoms with Crippen LogP contribution in [0.1, 0.15) is 13.3 Å². The van der Waals surface area contributed by atoms with Crippen molar-refractivity contribution in [3.63, 3.8) is 0 Å². The van der Waals surface area contributed by atoms with E-state index in [4.69, 9.17) is 10.5 Å². The first-order chi connectivity index (χ1) is 10.6. The molecule has 2 aromatic carbocycles. The average Bonchev–Trinajstić information content (AvgIpc) is 2.96. The third kappa shape index (κ3) is 3.77. The van der Waals surface area contributed by atoms with Gasteiger partial charge in [-0.25, -0.2) is 0 Å². The summed E-state index contributed by atoms with van der Waals surface area (Å²) in [5.74, 6) is 0.789. The van der Waals surface area contributed by atoms with Crippen molar-refractivity contribution in [2.45, 2.75) is 13.3 Å². The zero-order valence-electron chi connectivity index (χ0n) is 13.3. The fraction of sp³-hybridized carbons (Fsp3) is 0.389. The van der Waals surface area contributed by atoms with E-state index in [0.717, 1.165) is 36.0 Å². The molecule has 124 valence electrons. The summed E-state index contributed by atoms with van der Waals surface area (Å²) in [5, 5.41) is 2.15. The van der Waals surface area contributed by atoms with Gasteiger partial charge in [0.25, 0.3) is 5.91 Å². The number of carbonyl (C=O) groups excluding carboxylic acids is 1. The average molecular weight is 335 g/mol. The van der Waals surface area contributed by atoms with E-state index in [0.29, 0.717) is 6.54 Å². The number of likely N-dealkylation sites (tertiary alicyclic amines) is 1. The Hall–Kier alpha value is -1.78. The minimum Gasteiger partial charge on any atom is -0.483 e. The lowest BCUT2D eigenvalue weighted by atomic mass is 9.90. The number of nitrogens with two attached hydrogens (primary N) is 1. The van der Waals surface area contributed by atoms with E-state index in [1.165, 1.54) is 0 Å². The van der Waals surface area contributed by atoms with Crippen LogP contribution in [0, 0.1) is 5.41 Å². The fourth-order valence-corrected chi connectivity index (χ4v) is 2.96. The van der Waals surface area contributed by atoms with E-state index in [1.54, 1.807) is 0 Å². The summed E-state index contributed by atoms with van der Waals surface area (Å²) in [6.07, 6.45) is 0.962. The summed E-state index contributed by atoms with van der Waals surface area (Å²) in [4.78, 5) is 14.2. The SMILES string of the molecule is CC1(CN)CCN(C(=O)COc2cccc3ccccc23)C1.Cl. The lowest BCUT2D eigenvalue weighted by Crippen LogP contribution is -2.36. The summed E-state index contributed by atoms with van der Waals surface area (Å²) < 4.78 is 5.77. The highest BCUT2D eigenvalue weighted by molar-refractivity contribution is 5.88. The van der Waals surface area contributed by atoms with Crippen molar-refractivity contribution in [1.82, 2.24) is 4.90 Å². The maximum atomic E-state index is 12.3. The van der Waals surface area contributed by atoms with Gasteiger partial charge < -0.3 is 15.4 Å². The van der Waals surface area contributed by atoms with E-state index < -0.39 is 0 Å². The largest absolute Gasteiger partial charge is 0.483 e. The van der Waals surface area contributed by atoms with Crippen LogP contribution < -0.4 is 10.5 Å². The summed E-state index contributed by atoms with van der Waals surface area (Å²) in [5.41, 5.74) is 5.84. The van der Waals surface area contributed by atoms with Crippen molar-refractivity contribution in [3.05, 3.63) is 42.5 Å². The molecule has 5 heteroatoms. The molecule has 1 aliphatic heterocycles. The van der Waals surface area contributed by atoms with Gasteiger partial charge in [0.2, 0.25) is 0 Å². The van der Waals surface area contributed by atoms with Gasteiger partial charge in [0.05, 0.1) is 0 Å². The Morgan fingerprint density at radius 2 is 2.00 bits per heavy atom. The summed E-state index contributed by atoms with van der Waals surface area (Å²) in [6, 6.07) is 13.9. The Kier molecular flexibility index (Phi) is 5.50. The lowest BCUT2D eigenvalue weighted by Gasteiger charge is -2.22. The molecule has 1 heterocycles. The van der Waals surface area contributed by atoms with Crippen molar-refractivity contribution in [2.75, 3.05) is 26.2 Å². The van der Waals surface area contributed by atoms with E-state index in [1.807, 2.05) is 47.4 Å². The predicted molar refractivity (Wildman–Crippen MR) is 95.0 cm³/mol. The summed E-state index contributed by atoms with van der Waals surface area (Å²) in [6.45, 7) is 4.31. The molecule has 1 aliphatic rings. The Bertz CT molecular complexity index is 686. The minimum atomic E-state index is 0. The first-order valence-electron chi connectivity index (χ1n) is 7.70. The zero-order chi connectivity index (χ0) is 15.6. The van der Waals surface area contributed by atoms with Gasteiger partial charge in [0.15, 0.2) is 6.61 Å². The van der Waals surface area contributed by atoms with Crippen molar-refractivity contribution in [2.24, 2.45) is 11.1 Å². The Morgan fingerprint density at radius 3 is 2.74 bits per heavy atom. The monoisotopic (exact) mass is 334 g/mol. The van der Waals surface area contributed by atoms with E-state index in [-0.39, 0.29) is 30.3 Å². The van der Waals surface area contributed by atoms with Crippen molar-refractivity contribution >= 4 is 29.1 Å². The zero-order valence-corrected chi connectivity index (χ0v) is 14.1. The van der Waals surface area contributed by atoms with Crippen LogP contribution in [0.3, 0.4) is 0 Å². The van der Waals surface area contributed by atoms with Crippen LogP contribution >= 0.6 is 12.4 Å². The molecule has 4 nitrogen and oxygen atoms in total. The van der Waals surface area contributed by atoms with Crippen LogP contribution in [0.15, 0.2) is 42.5 Å². The molecular weight excluding hydrogens is 312 g/mol. The Morgan fingerprint density at radius 1 is 1.26 bits per heavy atom. The predicted octanol–water partition coefficient (Wildman–Crippen LogP) is 2.84. The number of fused-ring (bicyclic) bond motifs is 1. The van der Waals surface area contributed by atoms with Crippen LogP contribution in [0.2, 0.25) is 0 Å². The number of ether oxygens (including phenoxy) is 1. The number of hydrogen-bond acceptors (Lipinski definition) is 3. The molecule has 2 aromatic rings. The molecule has 1 atom stereocenters. The van der Waals surface area contributed by atoms with Gasteiger partial charge in [0.1, 0.15) is 5.75 Å². The second kappa shape index (κ2) is 7.20. The number of carbonyl (C=O) groups is 1. The Labute approximate surface area is 143 Å². The molecule has 2 N–H and O–H groups in total. The molecule has 0 spiro atoms. The van der Waals surface area contributed by atoms with Gasteiger partial charge in [-0.2, -0.15) is 0 Å². The maximum Gasteiger partial charge on any atom is 0.260 e.